The molecule has 0 atom stereocenters. The average molecular weight is 593 g/mol. The van der Waals surface area contributed by atoms with Gasteiger partial charge in [0, 0.05) is 11.1 Å². The van der Waals surface area contributed by atoms with Gasteiger partial charge in [0.1, 0.15) is 12.6 Å². The van der Waals surface area contributed by atoms with Crippen molar-refractivity contribution in [2.45, 2.75) is 0 Å². The zero-order valence-corrected chi connectivity index (χ0v) is 24.4. The highest BCUT2D eigenvalue weighted by Gasteiger charge is 2.35. The molecule has 0 fully saturated rings. The van der Waals surface area contributed by atoms with Gasteiger partial charge in [-0.25, -0.2) is 0 Å². The maximum Gasteiger partial charge on any atom is 0.424 e. The highest BCUT2D eigenvalue weighted by atomic mass is 32.7. The maximum atomic E-state index is 11.1. The first kappa shape index (κ1) is 28.6. The van der Waals surface area contributed by atoms with E-state index in [1.807, 2.05) is 60.7 Å². The van der Waals surface area contributed by atoms with Crippen molar-refractivity contribution >= 4 is 62.6 Å². The number of carbonyl (C=O) groups excluding carboxylic acids is 2. The van der Waals surface area contributed by atoms with Crippen LogP contribution in [0, 0.1) is 0 Å². The second-order valence-corrected chi connectivity index (χ2v) is 14.8. The number of rotatable bonds is 11. The SMILES string of the molecule is [B-][P+](c1ccccc1)(c1ccccc1)c1ccc(O[P+]([S-])(Oc2ccc(C=O)cc2)Oc2ccc(C=O)cc2)cc1. The van der Waals surface area contributed by atoms with E-state index in [1.165, 1.54) is 0 Å². The van der Waals surface area contributed by atoms with Gasteiger partial charge in [-0.05, 0) is 97.1 Å². The van der Waals surface area contributed by atoms with Crippen LogP contribution in [0.25, 0.3) is 0 Å². The molecule has 0 spiro atoms. The summed E-state index contributed by atoms with van der Waals surface area (Å²) >= 11 is 5.82. The van der Waals surface area contributed by atoms with Gasteiger partial charge in [-0.2, -0.15) is 7.14 Å². The van der Waals surface area contributed by atoms with Crippen molar-refractivity contribution in [3.05, 3.63) is 145 Å². The predicted octanol–water partition coefficient (Wildman–Crippen LogP) is 6.45. The molecule has 0 aromatic heterocycles. The zero-order chi connectivity index (χ0) is 28.7. The van der Waals surface area contributed by atoms with Crippen molar-refractivity contribution in [2.24, 2.45) is 0 Å². The molecule has 0 amide bonds. The zero-order valence-electron chi connectivity index (χ0n) is 21.8. The van der Waals surface area contributed by atoms with Crippen molar-refractivity contribution in [1.29, 1.82) is 0 Å². The van der Waals surface area contributed by atoms with Crippen molar-refractivity contribution < 1.29 is 23.2 Å². The van der Waals surface area contributed by atoms with Gasteiger partial charge < -0.3 is 12.2 Å². The second kappa shape index (κ2) is 12.7. The predicted molar refractivity (Wildman–Crippen MR) is 171 cm³/mol. The molecule has 201 valence electrons. The maximum absolute atomic E-state index is 11.1. The van der Waals surface area contributed by atoms with Gasteiger partial charge in [-0.3, -0.25) is 30.7 Å². The monoisotopic (exact) mass is 593 g/mol. The molecule has 0 aliphatic heterocycles. The Morgan fingerprint density at radius 2 is 0.805 bits per heavy atom. The van der Waals surface area contributed by atoms with Crippen molar-refractivity contribution in [3.8, 4) is 17.2 Å². The summed E-state index contributed by atoms with van der Waals surface area (Å²) in [6, 6.07) is 40.6. The Bertz CT molecular complexity index is 1510. The molecule has 0 saturated carbocycles. The van der Waals surface area contributed by atoms with E-state index in [4.69, 9.17) is 33.4 Å². The molecular formula is C32H24BO5P2S. The number of carbonyl (C=O) groups is 2. The fourth-order valence-electron chi connectivity index (χ4n) is 4.17. The van der Waals surface area contributed by atoms with Gasteiger partial charge in [0.15, 0.2) is 17.2 Å². The lowest BCUT2D eigenvalue weighted by Gasteiger charge is -2.36. The molecule has 0 N–H and O–H groups in total. The minimum absolute atomic E-state index is 0.389. The summed E-state index contributed by atoms with van der Waals surface area (Å²) in [5.74, 6) is 1.22. The van der Waals surface area contributed by atoms with E-state index in [2.05, 4.69) is 24.3 Å². The van der Waals surface area contributed by atoms with Gasteiger partial charge in [0.25, 0.3) is 0 Å². The first-order valence-electron chi connectivity index (χ1n) is 12.6. The molecule has 0 aliphatic rings. The highest BCUT2D eigenvalue weighted by Crippen LogP contribution is 2.59. The first-order valence-corrected chi connectivity index (χ1v) is 17.0. The molecule has 0 bridgehead atoms. The van der Waals surface area contributed by atoms with Crippen LogP contribution in [0.3, 0.4) is 0 Å². The van der Waals surface area contributed by atoms with E-state index >= 15 is 0 Å². The minimum Gasteiger partial charge on any atom is -0.429 e. The van der Waals surface area contributed by atoms with Crippen molar-refractivity contribution in [3.63, 3.8) is 0 Å². The molecular weight excluding hydrogens is 569 g/mol. The van der Waals surface area contributed by atoms with Crippen molar-refractivity contribution in [2.75, 3.05) is 0 Å². The average Bonchev–Trinajstić information content (AvgIpc) is 3.02. The number of hydrogen-bond acceptors (Lipinski definition) is 6. The van der Waals surface area contributed by atoms with Crippen LogP contribution in [0.1, 0.15) is 20.7 Å². The molecule has 5 aromatic carbocycles. The third-order valence-corrected chi connectivity index (χ3v) is 11.6. The third kappa shape index (κ3) is 6.72. The van der Waals surface area contributed by atoms with Crippen LogP contribution in [-0.2, 0) is 12.2 Å². The van der Waals surface area contributed by atoms with Crippen LogP contribution < -0.4 is 29.5 Å². The van der Waals surface area contributed by atoms with Crippen LogP contribution in [-0.4, -0.2) is 20.1 Å². The number of benzene rings is 5. The number of hydrogen-bond donors (Lipinski definition) is 0. The molecule has 5 aromatic rings. The van der Waals surface area contributed by atoms with E-state index in [1.54, 1.807) is 48.5 Å². The van der Waals surface area contributed by atoms with Gasteiger partial charge in [0.2, 0.25) is 0 Å². The Hall–Kier alpha value is -3.89. The second-order valence-electron chi connectivity index (χ2n) is 8.98. The van der Waals surface area contributed by atoms with Gasteiger partial charge >= 0.3 is 7.15 Å². The Balaban J connectivity index is 1.46. The van der Waals surface area contributed by atoms with E-state index in [-0.39, 0.29) is 0 Å². The molecule has 9 heteroatoms. The Morgan fingerprint density at radius 3 is 1.15 bits per heavy atom. The lowest BCUT2D eigenvalue weighted by Crippen LogP contribution is -2.31. The Kier molecular flexibility index (Phi) is 8.90. The lowest BCUT2D eigenvalue weighted by atomic mass is 10.2. The van der Waals surface area contributed by atoms with Crippen LogP contribution >= 0.6 is 14.3 Å². The minimum atomic E-state index is -3.47. The summed E-state index contributed by atoms with van der Waals surface area (Å²) in [5, 5.41) is 3.06. The van der Waals surface area contributed by atoms with Crippen molar-refractivity contribution in [1.82, 2.24) is 0 Å². The van der Waals surface area contributed by atoms with Gasteiger partial charge in [0.05, 0.1) is 15.9 Å². The fraction of sp³-hybridized carbons (Fsp3) is 0. The molecule has 0 unspecified atom stereocenters. The Morgan fingerprint density at radius 1 is 0.488 bits per heavy atom. The largest absolute Gasteiger partial charge is 0.429 e. The van der Waals surface area contributed by atoms with Crippen LogP contribution in [0.4, 0.5) is 0 Å². The van der Waals surface area contributed by atoms with E-state index in [0.717, 1.165) is 28.5 Å². The van der Waals surface area contributed by atoms with Crippen LogP contribution in [0.2, 0.25) is 0 Å². The fourth-order valence-corrected chi connectivity index (χ4v) is 9.00. The number of aldehydes is 2. The third-order valence-electron chi connectivity index (χ3n) is 6.25. The summed E-state index contributed by atoms with van der Waals surface area (Å²) in [6.07, 6.45) is 1.49. The normalized spacial score (nSPS) is 11.4. The van der Waals surface area contributed by atoms with E-state index in [9.17, 15) is 9.59 Å². The molecule has 3 radical (unpaired) electrons. The molecule has 41 heavy (non-hydrogen) atoms. The van der Waals surface area contributed by atoms with E-state index in [0.29, 0.717) is 28.4 Å². The molecule has 5 rings (SSSR count). The van der Waals surface area contributed by atoms with E-state index < -0.39 is 14.3 Å². The lowest BCUT2D eigenvalue weighted by molar-refractivity contribution is 0.111. The smallest absolute Gasteiger partial charge is 0.424 e. The molecule has 0 aliphatic carbocycles. The summed E-state index contributed by atoms with van der Waals surface area (Å²) in [7, 11) is 1.36. The first-order chi connectivity index (χ1) is 19.9. The topological polar surface area (TPSA) is 61.8 Å². The summed E-state index contributed by atoms with van der Waals surface area (Å²) in [5.41, 5.74) is 0.996. The molecule has 0 saturated heterocycles. The standard InChI is InChI=1S/C32H24BO5P2S/c33-39(30-7-3-1-4-8-30,31-9-5-2-6-10-31)32-21-19-29(20-22-32)38-40(41,36-27-15-11-25(23-34)12-16-27)37-28-17-13-26(24-35)14-18-28/h1-24H. The highest BCUT2D eigenvalue weighted by molar-refractivity contribution is 8.36. The summed E-state index contributed by atoms with van der Waals surface area (Å²) < 4.78 is 18.4. The summed E-state index contributed by atoms with van der Waals surface area (Å²) in [6.45, 7) is 0. The van der Waals surface area contributed by atoms with Gasteiger partial charge in [-0.15, -0.1) is 0 Å². The van der Waals surface area contributed by atoms with Crippen LogP contribution in [0.5, 0.6) is 17.2 Å². The van der Waals surface area contributed by atoms with Crippen LogP contribution in [0.15, 0.2) is 133 Å². The summed E-state index contributed by atoms with van der Waals surface area (Å²) in [4.78, 5) is 22.2. The molecule has 0 heterocycles. The quantitative estimate of drug-likeness (QED) is 0.0760. The Labute approximate surface area is 246 Å². The van der Waals surface area contributed by atoms with Gasteiger partial charge in [-0.1, -0.05) is 36.4 Å². The molecule has 5 nitrogen and oxygen atoms in total.